The summed E-state index contributed by atoms with van der Waals surface area (Å²) in [4.78, 5) is 58.4. The fraction of sp³-hybridized carbons (Fsp3) is 0.680. The molecule has 3 aliphatic heterocycles. The monoisotopic (exact) mass is 880 g/mol. The van der Waals surface area contributed by atoms with Gasteiger partial charge in [-0.2, -0.15) is 0 Å². The molecule has 1 aromatic rings. The minimum atomic E-state index is -2.53. The number of nitrogens with zero attached hydrogens (tertiary/aromatic N) is 1. The number of benzene rings is 1. The Labute approximate surface area is 374 Å². The average Bonchev–Trinajstić information content (AvgIpc) is 3.27. The van der Waals surface area contributed by atoms with Crippen molar-refractivity contribution in [2.75, 3.05) is 27.9 Å². The second kappa shape index (κ2) is 22.1. The number of ether oxygens (including phenoxy) is 5. The number of aliphatic hydroxyl groups excluding tert-OH is 1. The summed E-state index contributed by atoms with van der Waals surface area (Å²) < 4.78 is 30.3. The van der Waals surface area contributed by atoms with Gasteiger partial charge in [-0.15, -0.1) is 6.58 Å². The van der Waals surface area contributed by atoms with Crippen molar-refractivity contribution in [3.05, 3.63) is 71.8 Å². The number of hydrogen-bond donors (Lipinski definition) is 3. The number of fused-ring (bicyclic) bond motifs is 3. The fourth-order valence-corrected chi connectivity index (χ4v) is 10.5. The number of carbonyl (C=O) groups is 4. The van der Waals surface area contributed by atoms with E-state index in [0.717, 1.165) is 11.1 Å². The molecule has 3 N–H and O–H groups in total. The number of methoxy groups -OCH3 is 3. The van der Waals surface area contributed by atoms with Gasteiger partial charge in [-0.1, -0.05) is 74.9 Å². The van der Waals surface area contributed by atoms with Crippen LogP contribution in [-0.2, 0) is 48.5 Å². The molecule has 63 heavy (non-hydrogen) atoms. The fourth-order valence-electron chi connectivity index (χ4n) is 10.5. The molecular weight excluding hydrogens is 807 g/mol. The van der Waals surface area contributed by atoms with Crippen LogP contribution in [0, 0.1) is 29.6 Å². The number of cyclic esters (lactones) is 1. The summed E-state index contributed by atoms with van der Waals surface area (Å²) in [6, 6.07) is 8.28. The van der Waals surface area contributed by atoms with Crippen LogP contribution in [0.5, 0.6) is 0 Å². The quantitative estimate of drug-likeness (QED) is 0.154. The SMILES string of the molecule is C=CCC1C=C(C)CC(C)CC(OC)C2OC(O)(C(=O)C(=O)N3CCCCC3C(=O)OC(C(C)=CC3CCC(O)(c4ccccc4)C(OC)C3)C(C)C(O)CC1=O)C(C)CC2OC. The maximum atomic E-state index is 14.5. The maximum absolute atomic E-state index is 14.5. The van der Waals surface area contributed by atoms with E-state index >= 15 is 0 Å². The zero-order valence-corrected chi connectivity index (χ0v) is 38.7. The van der Waals surface area contributed by atoms with E-state index in [1.54, 1.807) is 27.0 Å². The van der Waals surface area contributed by atoms with Crippen LogP contribution in [0.2, 0.25) is 0 Å². The predicted molar refractivity (Wildman–Crippen MR) is 237 cm³/mol. The van der Waals surface area contributed by atoms with Crippen LogP contribution in [0.1, 0.15) is 111 Å². The van der Waals surface area contributed by atoms with Crippen molar-refractivity contribution in [1.29, 1.82) is 0 Å². The number of esters is 1. The van der Waals surface area contributed by atoms with Gasteiger partial charge in [0.1, 0.15) is 29.6 Å². The zero-order chi connectivity index (χ0) is 46.2. The lowest BCUT2D eigenvalue weighted by molar-refractivity contribution is -0.302. The summed E-state index contributed by atoms with van der Waals surface area (Å²) in [6.07, 6.45) is 4.91. The Bertz CT molecular complexity index is 1810. The van der Waals surface area contributed by atoms with Crippen molar-refractivity contribution in [2.45, 2.75) is 159 Å². The highest BCUT2D eigenvalue weighted by atomic mass is 16.7. The first-order valence-electron chi connectivity index (χ1n) is 22.9. The van der Waals surface area contributed by atoms with Crippen LogP contribution in [-0.4, -0.2) is 120 Å². The van der Waals surface area contributed by atoms with Crippen LogP contribution in [0.25, 0.3) is 0 Å². The van der Waals surface area contributed by atoms with Crippen LogP contribution >= 0.6 is 0 Å². The van der Waals surface area contributed by atoms with Crippen molar-refractivity contribution in [2.24, 2.45) is 29.6 Å². The standard InChI is InChI=1S/C50H73NO12/c1-10-16-36-24-30(2)23-31(3)25-41(59-7)45-42(60-8)27-33(5)50(58,63-45)46(54)47(55)51-22-15-14-19-38(51)48(56)62-44(34(6)39(52)29-40(36)53)32(4)26-35-20-21-49(57,43(28-35)61-9)37-17-12-11-13-18-37/h10-13,17-18,24,26,31,33-36,38-39,41-45,52,57-58H,1,14-16,19-23,25,27-29H2,2-9H3. The molecule has 2 bridgehead atoms. The zero-order valence-electron chi connectivity index (χ0n) is 38.7. The Balaban J connectivity index is 1.53. The largest absolute Gasteiger partial charge is 0.456 e. The Morgan fingerprint density at radius 2 is 1.62 bits per heavy atom. The molecule has 1 amide bonds. The molecule has 1 aliphatic carbocycles. The predicted octanol–water partition coefficient (Wildman–Crippen LogP) is 6.17. The Hall–Kier alpha value is -3.56. The summed E-state index contributed by atoms with van der Waals surface area (Å²) in [5.74, 6) is -7.96. The van der Waals surface area contributed by atoms with Crippen LogP contribution in [0.3, 0.4) is 0 Å². The Kier molecular flexibility index (Phi) is 17.7. The molecule has 14 atom stereocenters. The lowest BCUT2D eigenvalue weighted by atomic mass is 9.72. The van der Waals surface area contributed by atoms with E-state index < -0.39 is 89.5 Å². The third kappa shape index (κ3) is 11.5. The lowest BCUT2D eigenvalue weighted by Gasteiger charge is -2.47. The molecule has 4 aliphatic rings. The van der Waals surface area contributed by atoms with E-state index in [2.05, 4.69) is 6.58 Å². The lowest BCUT2D eigenvalue weighted by Crippen LogP contribution is -2.64. The van der Waals surface area contributed by atoms with Crippen molar-refractivity contribution in [3.63, 3.8) is 0 Å². The summed E-state index contributed by atoms with van der Waals surface area (Å²) >= 11 is 0. The van der Waals surface area contributed by atoms with Gasteiger partial charge in [0, 0.05) is 52.0 Å². The van der Waals surface area contributed by atoms with E-state index in [1.807, 2.05) is 63.3 Å². The van der Waals surface area contributed by atoms with Crippen LogP contribution < -0.4 is 0 Å². The van der Waals surface area contributed by atoms with Gasteiger partial charge in [-0.25, -0.2) is 4.79 Å². The summed E-state index contributed by atoms with van der Waals surface area (Å²) in [6.45, 7) is 13.2. The van der Waals surface area contributed by atoms with Gasteiger partial charge < -0.3 is 43.9 Å². The highest BCUT2D eigenvalue weighted by molar-refractivity contribution is 6.39. The number of amides is 1. The number of carbonyl (C=O) groups excluding carboxylic acids is 4. The van der Waals surface area contributed by atoms with E-state index in [-0.39, 0.29) is 43.4 Å². The molecule has 13 heteroatoms. The molecule has 5 rings (SSSR count). The third-order valence-corrected chi connectivity index (χ3v) is 14.3. The molecule has 13 nitrogen and oxygen atoms in total. The minimum absolute atomic E-state index is 0.000421. The molecule has 1 aromatic carbocycles. The first-order chi connectivity index (χ1) is 29.9. The summed E-state index contributed by atoms with van der Waals surface area (Å²) in [5.41, 5.74) is 1.15. The molecule has 3 fully saturated rings. The molecular formula is C50H73NO12. The first kappa shape index (κ1) is 50.4. The molecule has 0 aromatic heterocycles. The molecule has 1 saturated carbocycles. The van der Waals surface area contributed by atoms with Gasteiger partial charge in [0.25, 0.3) is 11.7 Å². The second-order valence-electron chi connectivity index (χ2n) is 18.9. The Morgan fingerprint density at radius 3 is 2.27 bits per heavy atom. The van der Waals surface area contributed by atoms with Gasteiger partial charge in [-0.3, -0.25) is 14.4 Å². The van der Waals surface area contributed by atoms with Gasteiger partial charge in [0.05, 0.1) is 24.4 Å². The van der Waals surface area contributed by atoms with E-state index in [9.17, 15) is 34.5 Å². The van der Waals surface area contributed by atoms with Crippen molar-refractivity contribution in [1.82, 2.24) is 4.90 Å². The average molecular weight is 880 g/mol. The topological polar surface area (TPSA) is 178 Å². The van der Waals surface area contributed by atoms with E-state index in [1.165, 1.54) is 19.1 Å². The highest BCUT2D eigenvalue weighted by Gasteiger charge is 2.56. The number of ketones is 2. The Morgan fingerprint density at radius 1 is 0.937 bits per heavy atom. The minimum Gasteiger partial charge on any atom is -0.456 e. The number of hydrogen-bond acceptors (Lipinski definition) is 12. The van der Waals surface area contributed by atoms with E-state index in [4.69, 9.17) is 23.7 Å². The number of allylic oxidation sites excluding steroid dienone is 4. The molecule has 0 spiro atoms. The first-order valence-corrected chi connectivity index (χ1v) is 22.9. The normalized spacial score (nSPS) is 38.5. The molecule has 3 heterocycles. The third-order valence-electron chi connectivity index (χ3n) is 14.3. The number of rotatable bonds is 8. The number of piperidine rings is 1. The van der Waals surface area contributed by atoms with Crippen LogP contribution in [0.4, 0.5) is 0 Å². The smallest absolute Gasteiger partial charge is 0.329 e. The van der Waals surface area contributed by atoms with Gasteiger partial charge >= 0.3 is 5.97 Å². The molecule has 14 unspecified atom stereocenters. The maximum Gasteiger partial charge on any atom is 0.329 e. The molecule has 2 saturated heterocycles. The van der Waals surface area contributed by atoms with Gasteiger partial charge in [0.2, 0.25) is 5.79 Å². The molecule has 350 valence electrons. The highest BCUT2D eigenvalue weighted by Crippen LogP contribution is 2.43. The second-order valence-corrected chi connectivity index (χ2v) is 18.9. The van der Waals surface area contributed by atoms with E-state index in [0.29, 0.717) is 56.9 Å². The van der Waals surface area contributed by atoms with Crippen molar-refractivity contribution in [3.8, 4) is 0 Å². The van der Waals surface area contributed by atoms with Crippen LogP contribution in [0.15, 0.2) is 66.3 Å². The summed E-state index contributed by atoms with van der Waals surface area (Å²) in [5, 5.41) is 35.8. The number of aliphatic hydroxyl groups is 3. The van der Waals surface area contributed by atoms with Gasteiger partial charge in [-0.05, 0) is 101 Å². The van der Waals surface area contributed by atoms with Gasteiger partial charge in [0.15, 0.2) is 0 Å². The summed E-state index contributed by atoms with van der Waals surface area (Å²) in [7, 11) is 4.63. The number of Topliss-reactive ketones (excluding diaryl/α,β-unsaturated/α-hetero) is 2. The van der Waals surface area contributed by atoms with Crippen molar-refractivity contribution >= 4 is 23.4 Å². The van der Waals surface area contributed by atoms with Crippen molar-refractivity contribution < 1.29 is 58.2 Å². The molecule has 0 radical (unpaired) electrons.